The average molecular weight is 330 g/mol. The molecule has 1 aliphatic rings. The van der Waals surface area contributed by atoms with Crippen LogP contribution in [0.5, 0.6) is 0 Å². The number of carboxylic acid groups (broad SMARTS) is 1. The molecule has 2 aromatic rings. The summed E-state index contributed by atoms with van der Waals surface area (Å²) in [5.74, 6) is -1.03. The fraction of sp³-hybridized carbons (Fsp3) is 0.389. The molecule has 1 fully saturated rings. The van der Waals surface area contributed by atoms with E-state index in [0.29, 0.717) is 24.2 Å². The standard InChI is InChI=1S/C18H19FN2O3/c1-11-6-18(17(23)24,8-15(11)22)7-12-3-2-4-13(5-12)16-20-9-14(19)10-21-16/h2-5,9-11,15,22H,6-8H2,1H3,(H,23,24)/t11-,15+,18-/m1/s1. The van der Waals surface area contributed by atoms with E-state index in [0.717, 1.165) is 18.0 Å². The number of aliphatic hydroxyl groups is 1. The maximum atomic E-state index is 13.0. The topological polar surface area (TPSA) is 83.3 Å². The van der Waals surface area contributed by atoms with Crippen molar-refractivity contribution < 1.29 is 19.4 Å². The smallest absolute Gasteiger partial charge is 0.310 e. The van der Waals surface area contributed by atoms with Gasteiger partial charge in [0.2, 0.25) is 0 Å². The SMILES string of the molecule is C[C@@H]1C[C@](Cc2cccc(-c3ncc(F)cn3)c2)(C(=O)O)C[C@@H]1O. The Hall–Kier alpha value is -2.34. The lowest BCUT2D eigenvalue weighted by molar-refractivity contribution is -0.149. The normalized spacial score (nSPS) is 26.5. The molecule has 1 heterocycles. The minimum Gasteiger partial charge on any atom is -0.481 e. The van der Waals surface area contributed by atoms with Crippen LogP contribution in [0.15, 0.2) is 36.7 Å². The van der Waals surface area contributed by atoms with Crippen LogP contribution in [0.4, 0.5) is 4.39 Å². The van der Waals surface area contributed by atoms with Crippen LogP contribution in [0.2, 0.25) is 0 Å². The lowest BCUT2D eigenvalue weighted by Gasteiger charge is -2.24. The summed E-state index contributed by atoms with van der Waals surface area (Å²) < 4.78 is 13.0. The maximum absolute atomic E-state index is 13.0. The first-order valence-corrected chi connectivity index (χ1v) is 7.88. The van der Waals surface area contributed by atoms with Crippen LogP contribution in [-0.4, -0.2) is 32.3 Å². The van der Waals surface area contributed by atoms with Crippen molar-refractivity contribution in [1.82, 2.24) is 9.97 Å². The number of hydrogen-bond acceptors (Lipinski definition) is 4. The summed E-state index contributed by atoms with van der Waals surface area (Å²) in [6, 6.07) is 7.29. The van der Waals surface area contributed by atoms with Crippen LogP contribution in [0.3, 0.4) is 0 Å². The number of halogens is 1. The summed E-state index contributed by atoms with van der Waals surface area (Å²) in [7, 11) is 0. The van der Waals surface area contributed by atoms with Gasteiger partial charge in [-0.15, -0.1) is 0 Å². The second kappa shape index (κ2) is 6.28. The fourth-order valence-corrected chi connectivity index (χ4v) is 3.50. The molecular formula is C18H19FN2O3. The molecule has 3 atom stereocenters. The number of nitrogens with zero attached hydrogens (tertiary/aromatic N) is 2. The van der Waals surface area contributed by atoms with Crippen LogP contribution in [0, 0.1) is 17.2 Å². The van der Waals surface area contributed by atoms with Crippen LogP contribution < -0.4 is 0 Å². The van der Waals surface area contributed by atoms with Gasteiger partial charge in [-0.25, -0.2) is 14.4 Å². The summed E-state index contributed by atoms with van der Waals surface area (Å²) in [5, 5.41) is 19.7. The third-order valence-corrected chi connectivity index (χ3v) is 4.77. The van der Waals surface area contributed by atoms with E-state index < -0.39 is 23.3 Å². The Bertz CT molecular complexity index is 738. The van der Waals surface area contributed by atoms with E-state index in [1.165, 1.54) is 0 Å². The maximum Gasteiger partial charge on any atom is 0.310 e. The largest absolute Gasteiger partial charge is 0.481 e. The van der Waals surface area contributed by atoms with Gasteiger partial charge in [0.25, 0.3) is 0 Å². The minimum atomic E-state index is -0.957. The van der Waals surface area contributed by atoms with Crippen molar-refractivity contribution in [2.75, 3.05) is 0 Å². The van der Waals surface area contributed by atoms with Crippen LogP contribution in [-0.2, 0) is 11.2 Å². The zero-order valence-corrected chi connectivity index (χ0v) is 13.3. The molecule has 0 aliphatic heterocycles. The Kier molecular flexibility index (Phi) is 4.32. The number of carboxylic acids is 1. The highest BCUT2D eigenvalue weighted by Gasteiger charge is 2.48. The van der Waals surface area contributed by atoms with Crippen molar-refractivity contribution in [2.24, 2.45) is 11.3 Å². The van der Waals surface area contributed by atoms with Crippen molar-refractivity contribution in [3.8, 4) is 11.4 Å². The van der Waals surface area contributed by atoms with Gasteiger partial charge in [0.15, 0.2) is 11.6 Å². The Morgan fingerprint density at radius 1 is 1.33 bits per heavy atom. The highest BCUT2D eigenvalue weighted by atomic mass is 19.1. The van der Waals surface area contributed by atoms with E-state index in [-0.39, 0.29) is 12.3 Å². The fourth-order valence-electron chi connectivity index (χ4n) is 3.50. The zero-order valence-electron chi connectivity index (χ0n) is 13.3. The minimum absolute atomic E-state index is 0.0373. The van der Waals surface area contributed by atoms with E-state index >= 15 is 0 Å². The van der Waals surface area contributed by atoms with Gasteiger partial charge < -0.3 is 10.2 Å². The first-order valence-electron chi connectivity index (χ1n) is 7.88. The summed E-state index contributed by atoms with van der Waals surface area (Å²) in [6.45, 7) is 1.87. The Balaban J connectivity index is 1.89. The lowest BCUT2D eigenvalue weighted by atomic mass is 9.79. The van der Waals surface area contributed by atoms with Crippen molar-refractivity contribution >= 4 is 5.97 Å². The molecule has 0 spiro atoms. The summed E-state index contributed by atoms with van der Waals surface area (Å²) in [5.41, 5.74) is 0.588. The number of aliphatic carboxylic acids is 1. The summed E-state index contributed by atoms with van der Waals surface area (Å²) in [4.78, 5) is 19.7. The number of carbonyl (C=O) groups is 1. The molecule has 24 heavy (non-hydrogen) atoms. The number of rotatable bonds is 4. The molecule has 126 valence electrons. The Labute approximate surface area is 139 Å². The molecule has 1 aromatic carbocycles. The molecule has 3 rings (SSSR count). The van der Waals surface area contributed by atoms with Crippen molar-refractivity contribution in [2.45, 2.75) is 32.3 Å². The number of aromatic nitrogens is 2. The molecule has 0 amide bonds. The van der Waals surface area contributed by atoms with E-state index in [1.54, 1.807) is 6.07 Å². The van der Waals surface area contributed by atoms with Crippen molar-refractivity contribution in [1.29, 1.82) is 0 Å². The number of hydrogen-bond donors (Lipinski definition) is 2. The molecular weight excluding hydrogens is 311 g/mol. The highest BCUT2D eigenvalue weighted by molar-refractivity contribution is 5.76. The predicted octanol–water partition coefficient (Wildman–Crippen LogP) is 2.69. The van der Waals surface area contributed by atoms with E-state index in [2.05, 4.69) is 9.97 Å². The van der Waals surface area contributed by atoms with Crippen LogP contribution >= 0.6 is 0 Å². The van der Waals surface area contributed by atoms with Crippen molar-refractivity contribution in [3.63, 3.8) is 0 Å². The first-order chi connectivity index (χ1) is 11.4. The van der Waals surface area contributed by atoms with Gasteiger partial charge in [0.05, 0.1) is 23.9 Å². The molecule has 0 saturated heterocycles. The quantitative estimate of drug-likeness (QED) is 0.900. The van der Waals surface area contributed by atoms with E-state index in [4.69, 9.17) is 0 Å². The third-order valence-electron chi connectivity index (χ3n) is 4.77. The van der Waals surface area contributed by atoms with Gasteiger partial charge in [-0.05, 0) is 36.8 Å². The predicted molar refractivity (Wildman–Crippen MR) is 85.6 cm³/mol. The van der Waals surface area contributed by atoms with Gasteiger partial charge in [-0.3, -0.25) is 4.79 Å². The summed E-state index contributed by atoms with van der Waals surface area (Å²) >= 11 is 0. The van der Waals surface area contributed by atoms with E-state index in [1.807, 2.05) is 25.1 Å². The molecule has 1 saturated carbocycles. The second-order valence-corrected chi connectivity index (χ2v) is 6.64. The van der Waals surface area contributed by atoms with Gasteiger partial charge in [0, 0.05) is 5.56 Å². The third kappa shape index (κ3) is 3.14. The molecule has 6 heteroatoms. The molecule has 0 bridgehead atoms. The first kappa shape index (κ1) is 16.5. The van der Waals surface area contributed by atoms with Gasteiger partial charge in [0.1, 0.15) is 0 Å². The monoisotopic (exact) mass is 330 g/mol. The molecule has 1 aromatic heterocycles. The number of aliphatic hydroxyl groups excluding tert-OH is 1. The zero-order chi connectivity index (χ0) is 17.3. The van der Waals surface area contributed by atoms with Gasteiger partial charge >= 0.3 is 5.97 Å². The molecule has 5 nitrogen and oxygen atoms in total. The van der Waals surface area contributed by atoms with Crippen LogP contribution in [0.1, 0.15) is 25.3 Å². The average Bonchev–Trinajstić information content (AvgIpc) is 2.84. The molecule has 0 radical (unpaired) electrons. The Morgan fingerprint density at radius 2 is 2.04 bits per heavy atom. The van der Waals surface area contributed by atoms with Crippen molar-refractivity contribution in [3.05, 3.63) is 48.0 Å². The molecule has 0 unspecified atom stereocenters. The van der Waals surface area contributed by atoms with E-state index in [9.17, 15) is 19.4 Å². The molecule has 2 N–H and O–H groups in total. The number of benzene rings is 1. The van der Waals surface area contributed by atoms with Gasteiger partial charge in [-0.1, -0.05) is 25.1 Å². The van der Waals surface area contributed by atoms with Crippen LogP contribution in [0.25, 0.3) is 11.4 Å². The highest BCUT2D eigenvalue weighted by Crippen LogP contribution is 2.44. The Morgan fingerprint density at radius 3 is 2.62 bits per heavy atom. The lowest BCUT2D eigenvalue weighted by Crippen LogP contribution is -2.31. The second-order valence-electron chi connectivity index (χ2n) is 6.64. The summed E-state index contributed by atoms with van der Waals surface area (Å²) in [6.07, 6.45) is 2.64. The van der Waals surface area contributed by atoms with Gasteiger partial charge in [-0.2, -0.15) is 0 Å². The molecule has 1 aliphatic carbocycles.